The van der Waals surface area contributed by atoms with Gasteiger partial charge in [0.1, 0.15) is 17.0 Å². The van der Waals surface area contributed by atoms with E-state index in [1.54, 1.807) is 25.4 Å². The van der Waals surface area contributed by atoms with Gasteiger partial charge in [0.25, 0.3) is 0 Å². The number of H-pyrrole nitrogens is 2. The number of hydrogen-bond donors (Lipinski definition) is 2. The second-order valence-electron chi connectivity index (χ2n) is 4.31. The summed E-state index contributed by atoms with van der Waals surface area (Å²) >= 11 is 0. The van der Waals surface area contributed by atoms with Gasteiger partial charge < -0.3 is 4.98 Å². The smallest absolute Gasteiger partial charge is 0.331 e. The molecule has 0 unspecified atom stereocenters. The lowest BCUT2D eigenvalue weighted by Gasteiger charge is -2.11. The van der Waals surface area contributed by atoms with E-state index in [0.717, 1.165) is 5.56 Å². The molecule has 0 radical (unpaired) electrons. The molecule has 0 spiro atoms. The molecule has 2 N–H and O–H groups in total. The van der Waals surface area contributed by atoms with Crippen molar-refractivity contribution >= 4 is 23.2 Å². The first-order valence-electron chi connectivity index (χ1n) is 6.10. The Morgan fingerprint density at radius 1 is 1.33 bits per heavy atom. The summed E-state index contributed by atoms with van der Waals surface area (Å²) in [6.45, 7) is 0. The molecule has 0 atom stereocenters. The van der Waals surface area contributed by atoms with E-state index in [1.165, 1.54) is 23.5 Å². The molecule has 2 aromatic heterocycles. The molecule has 7 nitrogen and oxygen atoms in total. The van der Waals surface area contributed by atoms with Gasteiger partial charge in [-0.2, -0.15) is 10.1 Å². The quantitative estimate of drug-likeness (QED) is 0.560. The molecule has 0 aliphatic heterocycles. The molecule has 1 aromatic carbocycles. The Morgan fingerprint density at radius 3 is 2.86 bits per heavy atom. The molecular weight excluding hydrogens is 275 g/mol. The Bertz CT molecular complexity index is 851. The van der Waals surface area contributed by atoms with Gasteiger partial charge in [-0.25, -0.2) is 19.2 Å². The molecule has 106 valence electrons. The monoisotopic (exact) mass is 286 g/mol. The Hall–Kier alpha value is -3.03. The van der Waals surface area contributed by atoms with Crippen LogP contribution in [-0.2, 0) is 0 Å². The Labute approximate surface area is 118 Å². The largest absolute Gasteiger partial charge is 0.348 e. The third-order valence-corrected chi connectivity index (χ3v) is 2.85. The van der Waals surface area contributed by atoms with Crippen molar-refractivity contribution < 1.29 is 4.39 Å². The van der Waals surface area contributed by atoms with E-state index < -0.39 is 5.69 Å². The predicted molar refractivity (Wildman–Crippen MR) is 76.9 cm³/mol. The van der Waals surface area contributed by atoms with Crippen molar-refractivity contribution in [3.8, 4) is 0 Å². The summed E-state index contributed by atoms with van der Waals surface area (Å²) in [7, 11) is 1.65. The molecule has 0 fully saturated rings. The van der Waals surface area contributed by atoms with Crippen LogP contribution in [0.15, 0.2) is 40.5 Å². The summed E-state index contributed by atoms with van der Waals surface area (Å²) in [6, 6.07) is 5.89. The fourth-order valence-corrected chi connectivity index (χ4v) is 1.83. The summed E-state index contributed by atoms with van der Waals surface area (Å²) in [6.07, 6.45) is 3.00. The molecule has 8 heteroatoms. The van der Waals surface area contributed by atoms with Gasteiger partial charge in [-0.05, 0) is 17.7 Å². The summed E-state index contributed by atoms with van der Waals surface area (Å²) in [5.74, 6) is 0.0170. The lowest BCUT2D eigenvalue weighted by molar-refractivity contribution is 0.628. The normalized spacial score (nSPS) is 11.3. The van der Waals surface area contributed by atoms with Crippen LogP contribution in [0.1, 0.15) is 5.56 Å². The molecule has 0 saturated heterocycles. The van der Waals surface area contributed by atoms with Gasteiger partial charge in [-0.1, -0.05) is 12.1 Å². The molecule has 21 heavy (non-hydrogen) atoms. The van der Waals surface area contributed by atoms with E-state index in [-0.39, 0.29) is 5.82 Å². The Balaban J connectivity index is 1.93. The first kappa shape index (κ1) is 13.0. The van der Waals surface area contributed by atoms with Crippen LogP contribution in [-0.4, -0.2) is 33.2 Å². The van der Waals surface area contributed by atoms with Gasteiger partial charge in [0.05, 0.1) is 12.5 Å². The van der Waals surface area contributed by atoms with Crippen LogP contribution < -0.4 is 10.7 Å². The van der Waals surface area contributed by atoms with Crippen molar-refractivity contribution in [2.24, 2.45) is 5.10 Å². The number of anilines is 1. The molecule has 0 aliphatic rings. The summed E-state index contributed by atoms with van der Waals surface area (Å²) in [5.41, 5.74) is 1.22. The first-order chi connectivity index (χ1) is 10.1. The minimum atomic E-state index is -0.495. The maximum absolute atomic E-state index is 12.8. The lowest BCUT2D eigenvalue weighted by atomic mass is 10.2. The number of hydrogen-bond acceptors (Lipinski definition) is 5. The van der Waals surface area contributed by atoms with Crippen LogP contribution in [0, 0.1) is 5.82 Å². The number of imidazole rings is 1. The number of benzene rings is 1. The highest BCUT2D eigenvalue weighted by Crippen LogP contribution is 2.16. The topological polar surface area (TPSA) is 90.0 Å². The maximum Gasteiger partial charge on any atom is 0.348 e. The number of halogens is 1. The summed E-state index contributed by atoms with van der Waals surface area (Å²) in [4.78, 5) is 24.8. The number of fused-ring (bicyclic) bond motifs is 1. The van der Waals surface area contributed by atoms with Crippen molar-refractivity contribution in [3.05, 3.63) is 52.5 Å². The van der Waals surface area contributed by atoms with Crippen LogP contribution in [0.2, 0.25) is 0 Å². The van der Waals surface area contributed by atoms with Crippen molar-refractivity contribution in [2.75, 3.05) is 12.1 Å². The van der Waals surface area contributed by atoms with E-state index in [9.17, 15) is 9.18 Å². The highest BCUT2D eigenvalue weighted by Gasteiger charge is 2.10. The highest BCUT2D eigenvalue weighted by atomic mass is 19.1. The molecule has 0 saturated carbocycles. The predicted octanol–water partition coefficient (Wildman–Crippen LogP) is 1.26. The van der Waals surface area contributed by atoms with E-state index in [0.29, 0.717) is 17.0 Å². The Kier molecular flexibility index (Phi) is 3.19. The van der Waals surface area contributed by atoms with Crippen LogP contribution in [0.4, 0.5) is 10.2 Å². The average molecular weight is 286 g/mol. The van der Waals surface area contributed by atoms with Gasteiger partial charge in [-0.15, -0.1) is 0 Å². The fraction of sp³-hybridized carbons (Fsp3) is 0.0769. The SMILES string of the molecule is CN(N=Cc1ccc(F)cc1)c1nc(=O)[nH]c2[nH]cnc12. The zero-order valence-electron chi connectivity index (χ0n) is 11.0. The molecular formula is C13H11FN6O. The molecule has 2 heterocycles. The van der Waals surface area contributed by atoms with E-state index >= 15 is 0 Å². The van der Waals surface area contributed by atoms with Gasteiger partial charge in [0.15, 0.2) is 5.82 Å². The number of aromatic nitrogens is 4. The number of aromatic amines is 2. The van der Waals surface area contributed by atoms with E-state index in [4.69, 9.17) is 0 Å². The lowest BCUT2D eigenvalue weighted by Crippen LogP contribution is -2.18. The number of nitrogens with one attached hydrogen (secondary N) is 2. The standard InChI is InChI=1S/C13H11FN6O/c1-20(17-6-8-2-4-9(14)5-3-8)12-10-11(16-7-15-10)18-13(21)19-12/h2-7H,1H3,(H2,15,16,18,19,21). The van der Waals surface area contributed by atoms with Gasteiger partial charge in [0.2, 0.25) is 0 Å². The molecule has 0 bridgehead atoms. The second-order valence-corrected chi connectivity index (χ2v) is 4.31. The third kappa shape index (κ3) is 2.64. The first-order valence-corrected chi connectivity index (χ1v) is 6.10. The zero-order chi connectivity index (χ0) is 14.8. The minimum absolute atomic E-state index is 0.310. The third-order valence-electron chi connectivity index (χ3n) is 2.85. The highest BCUT2D eigenvalue weighted by molar-refractivity contribution is 5.84. The van der Waals surface area contributed by atoms with Crippen molar-refractivity contribution in [1.82, 2.24) is 19.9 Å². The summed E-state index contributed by atoms with van der Waals surface area (Å²) < 4.78 is 12.8. The zero-order valence-corrected chi connectivity index (χ0v) is 11.0. The molecule has 0 aliphatic carbocycles. The summed E-state index contributed by atoms with van der Waals surface area (Å²) in [5, 5.41) is 5.61. The van der Waals surface area contributed by atoms with Gasteiger partial charge in [-0.3, -0.25) is 4.98 Å². The fourth-order valence-electron chi connectivity index (χ4n) is 1.83. The van der Waals surface area contributed by atoms with Crippen molar-refractivity contribution in [2.45, 2.75) is 0 Å². The van der Waals surface area contributed by atoms with Crippen LogP contribution in [0.25, 0.3) is 11.2 Å². The van der Waals surface area contributed by atoms with E-state index in [1.807, 2.05) is 0 Å². The van der Waals surface area contributed by atoms with Crippen LogP contribution in [0.3, 0.4) is 0 Å². The molecule has 3 rings (SSSR count). The average Bonchev–Trinajstić information content (AvgIpc) is 2.93. The van der Waals surface area contributed by atoms with Gasteiger partial charge in [0, 0.05) is 7.05 Å². The second kappa shape index (κ2) is 5.16. The van der Waals surface area contributed by atoms with Crippen LogP contribution in [0.5, 0.6) is 0 Å². The number of hydrazone groups is 1. The Morgan fingerprint density at radius 2 is 2.10 bits per heavy atom. The van der Waals surface area contributed by atoms with Crippen molar-refractivity contribution in [1.29, 1.82) is 0 Å². The number of nitrogens with zero attached hydrogens (tertiary/aromatic N) is 4. The van der Waals surface area contributed by atoms with Gasteiger partial charge >= 0.3 is 5.69 Å². The minimum Gasteiger partial charge on any atom is -0.331 e. The molecule has 3 aromatic rings. The van der Waals surface area contributed by atoms with Crippen molar-refractivity contribution in [3.63, 3.8) is 0 Å². The van der Waals surface area contributed by atoms with Crippen LogP contribution >= 0.6 is 0 Å². The van der Waals surface area contributed by atoms with E-state index in [2.05, 4.69) is 25.0 Å². The number of rotatable bonds is 3. The maximum atomic E-state index is 12.8. The molecule has 0 amide bonds.